The van der Waals surface area contributed by atoms with Crippen molar-refractivity contribution in [2.24, 2.45) is 0 Å². The van der Waals surface area contributed by atoms with E-state index in [1.54, 1.807) is 24.3 Å². The van der Waals surface area contributed by atoms with E-state index in [9.17, 15) is 9.59 Å². The fourth-order valence-electron chi connectivity index (χ4n) is 2.60. The van der Waals surface area contributed by atoms with Gasteiger partial charge in [-0.3, -0.25) is 9.59 Å². The molecule has 0 heterocycles. The maximum atomic E-state index is 12.8. The van der Waals surface area contributed by atoms with Gasteiger partial charge in [-0.05, 0) is 41.8 Å². The zero-order valence-corrected chi connectivity index (χ0v) is 15.2. The summed E-state index contributed by atoms with van der Waals surface area (Å²) in [4.78, 5) is 25.6. The van der Waals surface area contributed by atoms with E-state index in [-0.39, 0.29) is 11.8 Å². The van der Waals surface area contributed by atoms with Crippen LogP contribution in [0.1, 0.15) is 47.3 Å². The first-order valence-corrected chi connectivity index (χ1v) is 8.65. The number of nitrogens with one attached hydrogen (secondary N) is 1. The lowest BCUT2D eigenvalue weighted by Gasteiger charge is -2.22. The second-order valence-corrected chi connectivity index (χ2v) is 6.14. The van der Waals surface area contributed by atoms with Gasteiger partial charge in [0.05, 0.1) is 11.6 Å². The van der Waals surface area contributed by atoms with Crippen LogP contribution in [0.25, 0.3) is 0 Å². The minimum atomic E-state index is -0.0818. The van der Waals surface area contributed by atoms with Crippen molar-refractivity contribution < 1.29 is 9.59 Å². The van der Waals surface area contributed by atoms with Crippen molar-refractivity contribution in [3.8, 4) is 6.07 Å². The summed E-state index contributed by atoms with van der Waals surface area (Å²) < 4.78 is 0. The Bertz CT molecular complexity index is 790. The van der Waals surface area contributed by atoms with Crippen molar-refractivity contribution in [1.29, 1.82) is 5.26 Å². The van der Waals surface area contributed by atoms with Crippen molar-refractivity contribution in [3.05, 3.63) is 70.8 Å². The smallest absolute Gasteiger partial charge is 0.254 e. The van der Waals surface area contributed by atoms with E-state index in [2.05, 4.69) is 11.4 Å². The van der Waals surface area contributed by atoms with Gasteiger partial charge in [0.2, 0.25) is 5.91 Å². The van der Waals surface area contributed by atoms with Gasteiger partial charge in [-0.15, -0.1) is 0 Å². The average molecular weight is 349 g/mol. The summed E-state index contributed by atoms with van der Waals surface area (Å²) in [7, 11) is 0. The molecule has 0 spiro atoms. The molecule has 2 aromatic rings. The first kappa shape index (κ1) is 19.2. The molecule has 2 rings (SSSR count). The molecule has 2 amide bonds. The summed E-state index contributed by atoms with van der Waals surface area (Å²) in [6.07, 6.45) is 0.864. The van der Waals surface area contributed by atoms with Crippen LogP contribution in [-0.4, -0.2) is 23.3 Å². The van der Waals surface area contributed by atoms with Gasteiger partial charge < -0.3 is 10.2 Å². The summed E-state index contributed by atoms with van der Waals surface area (Å²) in [5, 5.41) is 11.6. The zero-order valence-electron chi connectivity index (χ0n) is 15.2. The van der Waals surface area contributed by atoms with Crippen molar-refractivity contribution in [2.75, 3.05) is 6.54 Å². The van der Waals surface area contributed by atoms with E-state index in [0.29, 0.717) is 30.8 Å². The molecule has 0 aromatic heterocycles. The van der Waals surface area contributed by atoms with Crippen LogP contribution in [0.3, 0.4) is 0 Å². The summed E-state index contributed by atoms with van der Waals surface area (Å²) >= 11 is 0. The second-order valence-electron chi connectivity index (χ2n) is 6.14. The van der Waals surface area contributed by atoms with Gasteiger partial charge >= 0.3 is 0 Å². The van der Waals surface area contributed by atoms with E-state index < -0.39 is 0 Å². The molecule has 0 radical (unpaired) electrons. The molecule has 0 saturated carbocycles. The van der Waals surface area contributed by atoms with Crippen LogP contribution in [0.15, 0.2) is 48.5 Å². The number of benzene rings is 2. The van der Waals surface area contributed by atoms with Crippen LogP contribution in [0.2, 0.25) is 0 Å². The van der Waals surface area contributed by atoms with Gasteiger partial charge in [0.25, 0.3) is 5.91 Å². The molecule has 0 saturated heterocycles. The average Bonchev–Trinajstić information content (AvgIpc) is 2.66. The Balaban J connectivity index is 2.09. The number of hydrogen-bond donors (Lipinski definition) is 1. The Hall–Kier alpha value is -3.13. The molecule has 1 N–H and O–H groups in total. The quantitative estimate of drug-likeness (QED) is 0.834. The molecule has 5 nitrogen and oxygen atoms in total. The Morgan fingerprint density at radius 2 is 1.65 bits per heavy atom. The minimum Gasteiger partial charge on any atom is -0.352 e. The first-order valence-electron chi connectivity index (χ1n) is 8.65. The summed E-state index contributed by atoms with van der Waals surface area (Å²) in [6, 6.07) is 16.7. The highest BCUT2D eigenvalue weighted by Gasteiger charge is 2.15. The Morgan fingerprint density at radius 1 is 1.04 bits per heavy atom. The van der Waals surface area contributed by atoms with Gasteiger partial charge in [-0.2, -0.15) is 5.26 Å². The Kier molecular flexibility index (Phi) is 6.92. The van der Waals surface area contributed by atoms with E-state index in [1.807, 2.05) is 36.1 Å². The number of carbonyl (C=O) groups excluding carboxylic acids is 2. The fourth-order valence-corrected chi connectivity index (χ4v) is 2.60. The van der Waals surface area contributed by atoms with Crippen LogP contribution in [-0.2, 0) is 17.9 Å². The maximum absolute atomic E-state index is 12.8. The van der Waals surface area contributed by atoms with E-state index in [1.165, 1.54) is 6.92 Å². The molecule has 0 aliphatic carbocycles. The van der Waals surface area contributed by atoms with Gasteiger partial charge in [-0.25, -0.2) is 0 Å². The van der Waals surface area contributed by atoms with Crippen molar-refractivity contribution in [1.82, 2.24) is 10.2 Å². The van der Waals surface area contributed by atoms with E-state index in [4.69, 9.17) is 5.26 Å². The minimum absolute atomic E-state index is 0.0257. The number of hydrogen-bond acceptors (Lipinski definition) is 3. The predicted octanol–water partition coefficient (Wildman–Crippen LogP) is 3.25. The number of nitrogens with zero attached hydrogens (tertiary/aromatic N) is 2. The lowest BCUT2D eigenvalue weighted by Crippen LogP contribution is -2.31. The van der Waals surface area contributed by atoms with Gasteiger partial charge in [0, 0.05) is 32.1 Å². The highest BCUT2D eigenvalue weighted by atomic mass is 16.2. The first-order chi connectivity index (χ1) is 12.5. The van der Waals surface area contributed by atoms with E-state index in [0.717, 1.165) is 17.5 Å². The van der Waals surface area contributed by atoms with Crippen molar-refractivity contribution >= 4 is 11.8 Å². The second kappa shape index (κ2) is 9.38. The van der Waals surface area contributed by atoms with Crippen LogP contribution in [0.4, 0.5) is 0 Å². The molecule has 134 valence electrons. The zero-order chi connectivity index (χ0) is 18.9. The Morgan fingerprint density at radius 3 is 2.19 bits per heavy atom. The van der Waals surface area contributed by atoms with Crippen molar-refractivity contribution in [3.63, 3.8) is 0 Å². The van der Waals surface area contributed by atoms with Crippen LogP contribution in [0, 0.1) is 11.3 Å². The van der Waals surface area contributed by atoms with Crippen LogP contribution >= 0.6 is 0 Å². The Labute approximate surface area is 154 Å². The SMILES string of the molecule is CCCN(Cc1ccc(C#N)cc1)C(=O)c1ccc(CNC(C)=O)cc1. The van der Waals surface area contributed by atoms with Gasteiger partial charge in [0.1, 0.15) is 0 Å². The molecule has 26 heavy (non-hydrogen) atoms. The summed E-state index contributed by atoms with van der Waals surface area (Å²) in [5.74, 6) is -0.107. The van der Waals surface area contributed by atoms with E-state index >= 15 is 0 Å². The molecule has 5 heteroatoms. The molecule has 0 unspecified atom stereocenters. The topological polar surface area (TPSA) is 73.2 Å². The monoisotopic (exact) mass is 349 g/mol. The molecule has 2 aromatic carbocycles. The molecular weight excluding hydrogens is 326 g/mol. The summed E-state index contributed by atoms with van der Waals surface area (Å²) in [6.45, 7) is 5.13. The molecule has 0 bridgehead atoms. The third-order valence-electron chi connectivity index (χ3n) is 3.98. The normalized spacial score (nSPS) is 10.0. The number of nitriles is 1. The lowest BCUT2D eigenvalue weighted by atomic mass is 10.1. The third-order valence-corrected chi connectivity index (χ3v) is 3.98. The molecule has 0 fully saturated rings. The third kappa shape index (κ3) is 5.45. The predicted molar refractivity (Wildman–Crippen MR) is 100 cm³/mol. The van der Waals surface area contributed by atoms with Crippen LogP contribution < -0.4 is 5.32 Å². The van der Waals surface area contributed by atoms with Crippen molar-refractivity contribution in [2.45, 2.75) is 33.4 Å². The molecular formula is C21H23N3O2. The maximum Gasteiger partial charge on any atom is 0.254 e. The highest BCUT2D eigenvalue weighted by molar-refractivity contribution is 5.94. The number of carbonyl (C=O) groups is 2. The molecule has 0 aliphatic heterocycles. The van der Waals surface area contributed by atoms with Gasteiger partial charge in [0.15, 0.2) is 0 Å². The standard InChI is InChI=1S/C21H23N3O2/c1-3-12-24(15-19-6-4-17(13-22)5-7-19)21(26)20-10-8-18(9-11-20)14-23-16(2)25/h4-11H,3,12,14-15H2,1-2H3,(H,23,25). The fraction of sp³-hybridized carbons (Fsp3) is 0.286. The molecule has 0 atom stereocenters. The number of amides is 2. The summed E-state index contributed by atoms with van der Waals surface area (Å²) in [5.41, 5.74) is 3.18. The largest absolute Gasteiger partial charge is 0.352 e. The lowest BCUT2D eigenvalue weighted by molar-refractivity contribution is -0.119. The van der Waals surface area contributed by atoms with Crippen LogP contribution in [0.5, 0.6) is 0 Å². The van der Waals surface area contributed by atoms with Gasteiger partial charge in [-0.1, -0.05) is 31.2 Å². The molecule has 0 aliphatic rings. The highest BCUT2D eigenvalue weighted by Crippen LogP contribution is 2.13. The number of rotatable bonds is 7.